The van der Waals surface area contributed by atoms with Gasteiger partial charge in [-0.3, -0.25) is 4.99 Å². The lowest BCUT2D eigenvalue weighted by Crippen LogP contribution is -2.41. The number of ether oxygens (including phenoxy) is 1. The van der Waals surface area contributed by atoms with Crippen molar-refractivity contribution >= 4 is 17.7 Å². The molecule has 2 rings (SSSR count). The minimum Gasteiger partial charge on any atom is -0.375 e. The van der Waals surface area contributed by atoms with Crippen LogP contribution in [-0.4, -0.2) is 44.2 Å². The highest BCUT2D eigenvalue weighted by atomic mass is 32.2. The lowest BCUT2D eigenvalue weighted by Gasteiger charge is -2.19. The molecule has 0 spiro atoms. The molecule has 0 amide bonds. The van der Waals surface area contributed by atoms with Crippen LogP contribution in [0, 0.1) is 0 Å². The molecule has 1 aliphatic heterocycles. The number of hydrogen-bond donors (Lipinski definition) is 2. The van der Waals surface area contributed by atoms with Gasteiger partial charge in [-0.2, -0.15) is 11.8 Å². The van der Waals surface area contributed by atoms with Crippen molar-refractivity contribution in [2.24, 2.45) is 4.99 Å². The van der Waals surface area contributed by atoms with Gasteiger partial charge in [0, 0.05) is 32.5 Å². The lowest BCUT2D eigenvalue weighted by molar-refractivity contribution is 0.106. The maximum atomic E-state index is 5.56. The molecule has 1 fully saturated rings. The summed E-state index contributed by atoms with van der Waals surface area (Å²) >= 11 is 2.05. The Morgan fingerprint density at radius 2 is 2.19 bits per heavy atom. The molecule has 0 aromatic heterocycles. The van der Waals surface area contributed by atoms with Crippen LogP contribution in [0.2, 0.25) is 0 Å². The van der Waals surface area contributed by atoms with Crippen molar-refractivity contribution in [1.82, 2.24) is 10.6 Å². The molecular formula is C16H25N3OS. The molecule has 4 nitrogen and oxygen atoms in total. The molecule has 21 heavy (non-hydrogen) atoms. The Balaban J connectivity index is 1.78. The van der Waals surface area contributed by atoms with E-state index in [0.717, 1.165) is 17.8 Å². The zero-order valence-electron chi connectivity index (χ0n) is 12.8. The molecule has 2 unspecified atom stereocenters. The van der Waals surface area contributed by atoms with Crippen molar-refractivity contribution in [1.29, 1.82) is 0 Å². The second kappa shape index (κ2) is 8.95. The SMILES string of the molecule is CN=C(NCC1CCCS1)NCC(OC)c1ccccc1. The number of thioether (sulfide) groups is 1. The average molecular weight is 307 g/mol. The van der Waals surface area contributed by atoms with Gasteiger partial charge in [0.1, 0.15) is 0 Å². The Morgan fingerprint density at radius 1 is 1.38 bits per heavy atom. The summed E-state index contributed by atoms with van der Waals surface area (Å²) in [4.78, 5) is 4.28. The molecule has 116 valence electrons. The van der Waals surface area contributed by atoms with E-state index in [0.29, 0.717) is 6.54 Å². The molecule has 1 heterocycles. The van der Waals surface area contributed by atoms with E-state index in [1.54, 1.807) is 14.2 Å². The van der Waals surface area contributed by atoms with Crippen molar-refractivity contribution in [3.05, 3.63) is 35.9 Å². The van der Waals surface area contributed by atoms with Crippen LogP contribution < -0.4 is 10.6 Å². The quantitative estimate of drug-likeness (QED) is 0.626. The van der Waals surface area contributed by atoms with Gasteiger partial charge in [0.2, 0.25) is 0 Å². The van der Waals surface area contributed by atoms with Gasteiger partial charge in [-0.05, 0) is 24.2 Å². The van der Waals surface area contributed by atoms with E-state index in [4.69, 9.17) is 4.74 Å². The fraction of sp³-hybridized carbons (Fsp3) is 0.562. The van der Waals surface area contributed by atoms with Crippen LogP contribution in [0.15, 0.2) is 35.3 Å². The topological polar surface area (TPSA) is 45.7 Å². The second-order valence-corrected chi connectivity index (χ2v) is 6.51. The third-order valence-corrected chi connectivity index (χ3v) is 5.05. The van der Waals surface area contributed by atoms with Crippen LogP contribution in [0.25, 0.3) is 0 Å². The molecule has 1 saturated heterocycles. The zero-order valence-corrected chi connectivity index (χ0v) is 13.7. The van der Waals surface area contributed by atoms with Crippen LogP contribution in [0.3, 0.4) is 0 Å². The first-order valence-electron chi connectivity index (χ1n) is 7.47. The Bertz CT molecular complexity index is 432. The number of rotatable bonds is 6. The molecular weight excluding hydrogens is 282 g/mol. The maximum absolute atomic E-state index is 5.56. The highest BCUT2D eigenvalue weighted by Gasteiger charge is 2.16. The van der Waals surface area contributed by atoms with E-state index < -0.39 is 0 Å². The number of aliphatic imine (C=N–C) groups is 1. The standard InChI is InChI=1S/C16H25N3OS/c1-17-16(18-11-14-9-6-10-21-14)19-12-15(20-2)13-7-4-3-5-8-13/h3-5,7-8,14-15H,6,9-12H2,1-2H3,(H2,17,18,19). The number of guanidine groups is 1. The number of benzene rings is 1. The van der Waals surface area contributed by atoms with Gasteiger partial charge in [0.25, 0.3) is 0 Å². The van der Waals surface area contributed by atoms with E-state index in [-0.39, 0.29) is 6.10 Å². The first-order chi connectivity index (χ1) is 10.3. The molecule has 1 aromatic rings. The smallest absolute Gasteiger partial charge is 0.191 e. The first kappa shape index (κ1) is 16.2. The molecule has 2 atom stereocenters. The summed E-state index contributed by atoms with van der Waals surface area (Å²) in [5, 5.41) is 7.47. The van der Waals surface area contributed by atoms with E-state index in [1.165, 1.54) is 24.2 Å². The van der Waals surface area contributed by atoms with Gasteiger partial charge in [-0.1, -0.05) is 30.3 Å². The van der Waals surface area contributed by atoms with Crippen molar-refractivity contribution in [2.75, 3.05) is 33.0 Å². The van der Waals surface area contributed by atoms with Gasteiger partial charge < -0.3 is 15.4 Å². The summed E-state index contributed by atoms with van der Waals surface area (Å²) in [6, 6.07) is 10.3. The monoisotopic (exact) mass is 307 g/mol. The molecule has 1 aliphatic rings. The van der Waals surface area contributed by atoms with E-state index in [9.17, 15) is 0 Å². The van der Waals surface area contributed by atoms with Gasteiger partial charge in [-0.15, -0.1) is 0 Å². The first-order valence-corrected chi connectivity index (χ1v) is 8.52. The van der Waals surface area contributed by atoms with Crippen LogP contribution >= 0.6 is 11.8 Å². The minimum atomic E-state index is 0.0330. The predicted molar refractivity (Wildman–Crippen MR) is 91.0 cm³/mol. The third kappa shape index (κ3) is 5.25. The Hall–Kier alpha value is -1.20. The molecule has 2 N–H and O–H groups in total. The Morgan fingerprint density at radius 3 is 2.81 bits per heavy atom. The summed E-state index contributed by atoms with van der Waals surface area (Å²) in [6.07, 6.45) is 2.67. The van der Waals surface area contributed by atoms with Crippen LogP contribution in [0.4, 0.5) is 0 Å². The highest BCUT2D eigenvalue weighted by Crippen LogP contribution is 2.25. The van der Waals surface area contributed by atoms with Crippen LogP contribution in [-0.2, 0) is 4.74 Å². The summed E-state index contributed by atoms with van der Waals surface area (Å²) in [6.45, 7) is 1.69. The fourth-order valence-electron chi connectivity index (χ4n) is 2.43. The number of hydrogen-bond acceptors (Lipinski definition) is 3. The highest BCUT2D eigenvalue weighted by molar-refractivity contribution is 8.00. The second-order valence-electron chi connectivity index (χ2n) is 5.10. The van der Waals surface area contributed by atoms with Crippen molar-refractivity contribution in [2.45, 2.75) is 24.2 Å². The summed E-state index contributed by atoms with van der Waals surface area (Å²) in [5.41, 5.74) is 1.18. The number of methoxy groups -OCH3 is 1. The normalized spacial score (nSPS) is 20.3. The van der Waals surface area contributed by atoms with Crippen LogP contribution in [0.1, 0.15) is 24.5 Å². The number of nitrogens with one attached hydrogen (secondary N) is 2. The van der Waals surface area contributed by atoms with Gasteiger partial charge >= 0.3 is 0 Å². The van der Waals surface area contributed by atoms with E-state index >= 15 is 0 Å². The largest absolute Gasteiger partial charge is 0.375 e. The summed E-state index contributed by atoms with van der Waals surface area (Å²) in [5.74, 6) is 2.14. The van der Waals surface area contributed by atoms with E-state index in [1.807, 2.05) is 18.2 Å². The molecule has 0 radical (unpaired) electrons. The third-order valence-electron chi connectivity index (χ3n) is 3.66. The predicted octanol–water partition coefficient (Wildman–Crippen LogP) is 2.43. The zero-order chi connectivity index (χ0) is 14.9. The average Bonchev–Trinajstić information content (AvgIpc) is 3.05. The lowest BCUT2D eigenvalue weighted by atomic mass is 10.1. The maximum Gasteiger partial charge on any atom is 0.191 e. The fourth-order valence-corrected chi connectivity index (χ4v) is 3.63. The molecule has 5 heteroatoms. The van der Waals surface area contributed by atoms with E-state index in [2.05, 4.69) is 39.5 Å². The molecule has 0 aliphatic carbocycles. The van der Waals surface area contributed by atoms with Gasteiger partial charge in [0.05, 0.1) is 6.10 Å². The molecule has 0 bridgehead atoms. The summed E-state index contributed by atoms with van der Waals surface area (Å²) < 4.78 is 5.56. The number of nitrogens with zero attached hydrogens (tertiary/aromatic N) is 1. The van der Waals surface area contributed by atoms with Crippen molar-refractivity contribution < 1.29 is 4.74 Å². The van der Waals surface area contributed by atoms with Gasteiger partial charge in [0.15, 0.2) is 5.96 Å². The Kier molecular flexibility index (Phi) is 6.89. The Labute approximate surface area is 131 Å². The van der Waals surface area contributed by atoms with Crippen LogP contribution in [0.5, 0.6) is 0 Å². The van der Waals surface area contributed by atoms with Crippen molar-refractivity contribution in [3.63, 3.8) is 0 Å². The minimum absolute atomic E-state index is 0.0330. The molecule has 1 aromatic carbocycles. The molecule has 0 saturated carbocycles. The van der Waals surface area contributed by atoms with Gasteiger partial charge in [-0.25, -0.2) is 0 Å². The van der Waals surface area contributed by atoms with Crippen molar-refractivity contribution in [3.8, 4) is 0 Å². The summed E-state index contributed by atoms with van der Waals surface area (Å²) in [7, 11) is 3.55.